The number of sulfonamides is 1. The number of carboxylic acids is 1. The lowest BCUT2D eigenvalue weighted by molar-refractivity contribution is -0.155. The van der Waals surface area contributed by atoms with Crippen LogP contribution in [0.15, 0.2) is 57.3 Å². The van der Waals surface area contributed by atoms with Gasteiger partial charge in [0.1, 0.15) is 15.4 Å². The van der Waals surface area contributed by atoms with E-state index in [1.165, 1.54) is 12.1 Å². The molecule has 1 aromatic carbocycles. The molecule has 2 N–H and O–H groups in total. The molecule has 0 spiro atoms. The van der Waals surface area contributed by atoms with Gasteiger partial charge in [0.15, 0.2) is 0 Å². The van der Waals surface area contributed by atoms with E-state index in [9.17, 15) is 31.5 Å². The third-order valence-corrected chi connectivity index (χ3v) is 9.93. The fraction of sp³-hybridized carbons (Fsp3) is 0.391. The molecule has 1 aliphatic heterocycles. The van der Waals surface area contributed by atoms with Crippen LogP contribution in [0.1, 0.15) is 30.6 Å². The third kappa shape index (κ3) is 4.23. The number of hydrogen-bond acceptors (Lipinski definition) is 7. The Bertz CT molecular complexity index is 1380. The van der Waals surface area contributed by atoms with Gasteiger partial charge in [-0.25, -0.2) is 8.42 Å². The number of benzene rings is 1. The quantitative estimate of drug-likeness (QED) is 0.444. The fourth-order valence-electron chi connectivity index (χ4n) is 4.98. The predicted octanol–water partition coefficient (Wildman–Crippen LogP) is 3.96. The van der Waals surface area contributed by atoms with E-state index in [0.29, 0.717) is 23.9 Å². The number of carboxylic acid groups (broad SMARTS) is 1. The Morgan fingerprint density at radius 2 is 1.86 bits per heavy atom. The van der Waals surface area contributed by atoms with Crippen molar-refractivity contribution >= 4 is 27.3 Å². The summed E-state index contributed by atoms with van der Waals surface area (Å²) in [6.45, 7) is 2.01. The molecule has 2 aliphatic rings. The number of rotatable bonds is 8. The van der Waals surface area contributed by atoms with Crippen molar-refractivity contribution in [1.29, 1.82) is 0 Å². The van der Waals surface area contributed by atoms with Crippen LogP contribution in [0.4, 0.5) is 13.2 Å². The van der Waals surface area contributed by atoms with Crippen LogP contribution in [0.3, 0.4) is 0 Å². The van der Waals surface area contributed by atoms with Crippen molar-refractivity contribution in [3.8, 4) is 10.6 Å². The van der Waals surface area contributed by atoms with E-state index in [2.05, 4.69) is 19.3 Å². The number of likely N-dealkylation sites (tertiary alicyclic amines) is 1. The molecule has 5 rings (SSSR count). The summed E-state index contributed by atoms with van der Waals surface area (Å²) in [5.41, 5.74) is -2.17. The molecule has 0 bridgehead atoms. The summed E-state index contributed by atoms with van der Waals surface area (Å²) >= 11 is 0.682. The van der Waals surface area contributed by atoms with E-state index in [0.717, 1.165) is 31.5 Å². The largest absolute Gasteiger partial charge is 0.480 e. The molecule has 2 atom stereocenters. The highest BCUT2D eigenvalue weighted by atomic mass is 32.2. The molecule has 8 nitrogen and oxygen atoms in total. The minimum atomic E-state index is -4.73. The smallest absolute Gasteiger partial charge is 0.452 e. The number of hydrogen-bond donors (Lipinski definition) is 2. The van der Waals surface area contributed by atoms with E-state index in [4.69, 9.17) is 0 Å². The number of thiophene rings is 1. The second-order valence-corrected chi connectivity index (χ2v) is 12.1. The molecule has 2 aromatic heterocycles. The number of aromatic nitrogens is 1. The maximum atomic E-state index is 13.4. The lowest BCUT2D eigenvalue weighted by Crippen LogP contribution is -2.51. The molecule has 0 amide bonds. The van der Waals surface area contributed by atoms with Gasteiger partial charge in [0.25, 0.3) is 10.0 Å². The highest BCUT2D eigenvalue weighted by Gasteiger charge is 2.75. The minimum absolute atomic E-state index is 0.0749. The van der Waals surface area contributed by atoms with Gasteiger partial charge in [-0.3, -0.25) is 4.79 Å². The maximum absolute atomic E-state index is 13.4. The summed E-state index contributed by atoms with van der Waals surface area (Å²) in [6.07, 6.45) is -2.67. The van der Waals surface area contributed by atoms with Crippen molar-refractivity contribution in [3.63, 3.8) is 0 Å². The van der Waals surface area contributed by atoms with Gasteiger partial charge in [-0.05, 0) is 50.0 Å². The fourth-order valence-corrected chi connectivity index (χ4v) is 7.67. The minimum Gasteiger partial charge on any atom is -0.480 e. The molecule has 1 saturated carbocycles. The Morgan fingerprint density at radius 1 is 1.17 bits per heavy atom. The standard InChI is InChI=1S/C23H22F3N3O5S2/c24-23(25,26)18-12-16(27-34-18)17-8-9-19(35-17)36(32,33)28-22(20(30)31)13-21(22,14-29-10-4-5-11-29)15-6-2-1-3-7-15/h1-3,6-9,12,28H,4-5,10-11,13-14H2,(H,30,31). The van der Waals surface area contributed by atoms with Crippen LogP contribution in [0.5, 0.6) is 0 Å². The summed E-state index contributed by atoms with van der Waals surface area (Å²) in [5, 5.41) is 13.7. The first-order valence-electron chi connectivity index (χ1n) is 11.2. The Hall–Kier alpha value is -2.74. The summed E-state index contributed by atoms with van der Waals surface area (Å²) < 4.78 is 71.8. The molecule has 3 heterocycles. The first-order chi connectivity index (χ1) is 17.0. The molecule has 3 aromatic rings. The van der Waals surface area contributed by atoms with Gasteiger partial charge in [-0.2, -0.15) is 17.9 Å². The first-order valence-corrected chi connectivity index (χ1v) is 13.5. The molecule has 13 heteroatoms. The molecule has 2 fully saturated rings. The lowest BCUT2D eigenvalue weighted by atomic mass is 9.90. The van der Waals surface area contributed by atoms with Crippen molar-refractivity contribution in [2.24, 2.45) is 0 Å². The number of carbonyl (C=O) groups is 1. The zero-order valence-corrected chi connectivity index (χ0v) is 20.4. The molecule has 1 saturated heterocycles. The number of nitrogens with one attached hydrogen (secondary N) is 1. The molecular weight excluding hydrogens is 519 g/mol. The van der Waals surface area contributed by atoms with Gasteiger partial charge in [0.05, 0.1) is 4.88 Å². The van der Waals surface area contributed by atoms with Crippen LogP contribution in [0.2, 0.25) is 0 Å². The van der Waals surface area contributed by atoms with Gasteiger partial charge in [-0.1, -0.05) is 35.5 Å². The first kappa shape index (κ1) is 24.9. The Labute approximate surface area is 208 Å². The van der Waals surface area contributed by atoms with Crippen molar-refractivity contribution in [2.45, 2.75) is 40.6 Å². The summed E-state index contributed by atoms with van der Waals surface area (Å²) in [5.74, 6) is -2.58. The lowest BCUT2D eigenvalue weighted by Gasteiger charge is -2.28. The zero-order chi connectivity index (χ0) is 25.8. The zero-order valence-electron chi connectivity index (χ0n) is 18.8. The van der Waals surface area contributed by atoms with E-state index < -0.39 is 38.9 Å². The number of aliphatic carboxylic acids is 1. The molecule has 192 valence electrons. The van der Waals surface area contributed by atoms with E-state index in [-0.39, 0.29) is 21.2 Å². The second kappa shape index (κ2) is 8.68. The second-order valence-electron chi connectivity index (χ2n) is 9.12. The van der Waals surface area contributed by atoms with Crippen LogP contribution in [0.25, 0.3) is 10.6 Å². The van der Waals surface area contributed by atoms with Gasteiger partial charge in [-0.15, -0.1) is 11.3 Å². The van der Waals surface area contributed by atoms with E-state index >= 15 is 0 Å². The molecule has 2 unspecified atom stereocenters. The average Bonchev–Trinajstić information content (AvgIpc) is 3.38. The van der Waals surface area contributed by atoms with Crippen LogP contribution in [-0.2, 0) is 26.4 Å². The van der Waals surface area contributed by atoms with Crippen LogP contribution < -0.4 is 4.72 Å². The highest BCUT2D eigenvalue weighted by molar-refractivity contribution is 7.91. The van der Waals surface area contributed by atoms with Crippen molar-refractivity contribution < 1.29 is 36.0 Å². The number of halogens is 3. The monoisotopic (exact) mass is 541 g/mol. The van der Waals surface area contributed by atoms with Crippen molar-refractivity contribution in [2.75, 3.05) is 19.6 Å². The van der Waals surface area contributed by atoms with Gasteiger partial charge in [0, 0.05) is 18.0 Å². The molecule has 1 aliphatic carbocycles. The number of nitrogens with zero attached hydrogens (tertiary/aromatic N) is 2. The summed E-state index contributed by atoms with van der Waals surface area (Å²) in [6, 6.07) is 12.2. The normalized spacial score (nSPS) is 24.8. The molecule has 36 heavy (non-hydrogen) atoms. The average molecular weight is 542 g/mol. The Kier molecular flexibility index (Phi) is 6.01. The van der Waals surface area contributed by atoms with Crippen LogP contribution in [-0.4, -0.2) is 54.7 Å². The predicted molar refractivity (Wildman–Crippen MR) is 124 cm³/mol. The van der Waals surface area contributed by atoms with Crippen LogP contribution in [0, 0.1) is 0 Å². The van der Waals surface area contributed by atoms with Crippen molar-refractivity contribution in [3.05, 3.63) is 59.9 Å². The summed E-state index contributed by atoms with van der Waals surface area (Å²) in [7, 11) is -4.33. The molecular formula is C23H22F3N3O5S2. The number of alkyl halides is 3. The van der Waals surface area contributed by atoms with Crippen molar-refractivity contribution in [1.82, 2.24) is 14.8 Å². The maximum Gasteiger partial charge on any atom is 0.452 e. The van der Waals surface area contributed by atoms with E-state index in [1.807, 2.05) is 6.07 Å². The van der Waals surface area contributed by atoms with Crippen LogP contribution >= 0.6 is 11.3 Å². The highest BCUT2D eigenvalue weighted by Crippen LogP contribution is 2.59. The third-order valence-electron chi connectivity index (χ3n) is 6.84. The van der Waals surface area contributed by atoms with Gasteiger partial charge in [0.2, 0.25) is 5.76 Å². The SMILES string of the molecule is O=C(O)C1(NS(=O)(=O)c2ccc(-c3cc(C(F)(F)F)on3)s2)CC1(CN1CCCC1)c1ccccc1. The van der Waals surface area contributed by atoms with E-state index in [1.54, 1.807) is 24.3 Å². The van der Waals surface area contributed by atoms with Gasteiger partial charge < -0.3 is 14.5 Å². The molecule has 0 radical (unpaired) electrons. The van der Waals surface area contributed by atoms with Gasteiger partial charge >= 0.3 is 12.1 Å². The topological polar surface area (TPSA) is 113 Å². The summed E-state index contributed by atoms with van der Waals surface area (Å²) in [4.78, 5) is 14.9. The Balaban J connectivity index is 1.46. The Morgan fingerprint density at radius 3 is 2.47 bits per heavy atom.